The summed E-state index contributed by atoms with van der Waals surface area (Å²) in [6.45, 7) is 1.70. The first-order valence-corrected chi connectivity index (χ1v) is 8.80. The molecule has 0 aliphatic heterocycles. The number of hydrogen-bond acceptors (Lipinski definition) is 5. The molecule has 6 heteroatoms. The van der Waals surface area contributed by atoms with E-state index in [1.165, 1.54) is 12.8 Å². The van der Waals surface area contributed by atoms with E-state index in [1.54, 1.807) is 0 Å². The Morgan fingerprint density at radius 2 is 2.21 bits per heavy atom. The molecule has 3 N–H and O–H groups in total. The second-order valence-electron chi connectivity index (χ2n) is 6.71. The summed E-state index contributed by atoms with van der Waals surface area (Å²) >= 11 is 0. The third-order valence-electron chi connectivity index (χ3n) is 4.88. The molecule has 0 aromatic heterocycles. The normalized spacial score (nSPS) is 30.9. The number of unbranched alkanes of at least 4 members (excludes halogenated alkanes) is 3. The fourth-order valence-electron chi connectivity index (χ4n) is 3.51. The summed E-state index contributed by atoms with van der Waals surface area (Å²) in [4.78, 5) is 15.2. The Bertz CT molecular complexity index is 521. The van der Waals surface area contributed by atoms with Crippen LogP contribution in [0.5, 0.6) is 0 Å². The van der Waals surface area contributed by atoms with E-state index < -0.39 is 24.8 Å². The maximum atomic E-state index is 10.4. The van der Waals surface area contributed by atoms with Gasteiger partial charge in [-0.2, -0.15) is 0 Å². The van der Waals surface area contributed by atoms with Crippen LogP contribution >= 0.6 is 0 Å². The molecular formula is C18H27NO5. The number of aliphatic carboxylic acids is 1. The average Bonchev–Trinajstić information content (AvgIpc) is 2.77. The van der Waals surface area contributed by atoms with Crippen molar-refractivity contribution >= 4 is 11.7 Å². The third-order valence-corrected chi connectivity index (χ3v) is 4.88. The highest BCUT2D eigenvalue weighted by molar-refractivity contribution is 5.93. The first-order chi connectivity index (χ1) is 11.5. The maximum absolute atomic E-state index is 10.4. The molecule has 2 aliphatic carbocycles. The molecule has 5 atom stereocenters. The molecule has 5 unspecified atom stereocenters. The zero-order valence-corrected chi connectivity index (χ0v) is 14.1. The second-order valence-corrected chi connectivity index (χ2v) is 6.71. The first-order valence-electron chi connectivity index (χ1n) is 8.80. The number of carbonyl (C=O) groups is 1. The van der Waals surface area contributed by atoms with E-state index >= 15 is 0 Å². The lowest BCUT2D eigenvalue weighted by atomic mass is 9.71. The molecule has 2 aliphatic rings. The van der Waals surface area contributed by atoms with Crippen molar-refractivity contribution in [2.45, 2.75) is 64.1 Å². The van der Waals surface area contributed by atoms with Crippen LogP contribution in [-0.2, 0) is 9.63 Å². The lowest BCUT2D eigenvalue weighted by molar-refractivity contribution is -0.142. The minimum atomic E-state index is -1.06. The number of aliphatic hydroxyl groups is 2. The topological polar surface area (TPSA) is 99.4 Å². The predicted octanol–water partition coefficient (Wildman–Crippen LogP) is 1.80. The first kappa shape index (κ1) is 18.8. The lowest BCUT2D eigenvalue weighted by Crippen LogP contribution is -2.36. The molecule has 0 amide bonds. The molecular weight excluding hydrogens is 310 g/mol. The van der Waals surface area contributed by atoms with E-state index in [9.17, 15) is 15.0 Å². The monoisotopic (exact) mass is 337 g/mol. The molecule has 0 heterocycles. The molecule has 2 saturated carbocycles. The molecule has 134 valence electrons. The summed E-state index contributed by atoms with van der Waals surface area (Å²) in [5.41, 5.74) is 0.810. The summed E-state index contributed by atoms with van der Waals surface area (Å²) in [6, 6.07) is 0. The van der Waals surface area contributed by atoms with Gasteiger partial charge in [-0.3, -0.25) is 0 Å². The highest BCUT2D eigenvalue weighted by atomic mass is 16.6. The van der Waals surface area contributed by atoms with Crippen molar-refractivity contribution in [1.29, 1.82) is 0 Å². The molecule has 2 fully saturated rings. The third kappa shape index (κ3) is 4.96. The van der Waals surface area contributed by atoms with E-state index in [0.29, 0.717) is 19.3 Å². The van der Waals surface area contributed by atoms with Gasteiger partial charge in [-0.25, -0.2) is 4.79 Å². The van der Waals surface area contributed by atoms with E-state index in [4.69, 9.17) is 9.94 Å². The number of carboxylic acid groups (broad SMARTS) is 1. The number of aliphatic hydroxyl groups excluding tert-OH is 2. The van der Waals surface area contributed by atoms with Crippen molar-refractivity contribution in [2.24, 2.45) is 22.9 Å². The van der Waals surface area contributed by atoms with Crippen LogP contribution in [0.4, 0.5) is 0 Å². The summed E-state index contributed by atoms with van der Waals surface area (Å²) < 4.78 is 0. The molecule has 6 nitrogen and oxygen atoms in total. The van der Waals surface area contributed by atoms with Gasteiger partial charge < -0.3 is 20.2 Å². The van der Waals surface area contributed by atoms with Crippen LogP contribution in [-0.4, -0.2) is 45.8 Å². The SMILES string of the molecule is CCCCCCC(O)C#CC1C(O)CC2C(=NOCC(=O)O)CC21. The number of hydrogen-bond donors (Lipinski definition) is 3. The van der Waals surface area contributed by atoms with Gasteiger partial charge in [0.25, 0.3) is 0 Å². The Balaban J connectivity index is 1.80. The Morgan fingerprint density at radius 3 is 2.92 bits per heavy atom. The van der Waals surface area contributed by atoms with Crippen molar-refractivity contribution in [1.82, 2.24) is 0 Å². The van der Waals surface area contributed by atoms with E-state index in [-0.39, 0.29) is 17.8 Å². The van der Waals surface area contributed by atoms with Crippen molar-refractivity contribution < 1.29 is 25.0 Å². The number of nitrogens with zero attached hydrogens (tertiary/aromatic N) is 1. The van der Waals surface area contributed by atoms with Crippen molar-refractivity contribution in [3.63, 3.8) is 0 Å². The summed E-state index contributed by atoms with van der Waals surface area (Å²) in [5.74, 6) is 5.10. The van der Waals surface area contributed by atoms with Gasteiger partial charge in [-0.15, -0.1) is 0 Å². The van der Waals surface area contributed by atoms with Gasteiger partial charge in [0.05, 0.1) is 17.7 Å². The van der Waals surface area contributed by atoms with Crippen LogP contribution in [0.25, 0.3) is 0 Å². The van der Waals surface area contributed by atoms with Gasteiger partial charge in [-0.05, 0) is 31.6 Å². The maximum Gasteiger partial charge on any atom is 0.344 e. The molecule has 24 heavy (non-hydrogen) atoms. The van der Waals surface area contributed by atoms with Gasteiger partial charge in [0.2, 0.25) is 6.61 Å². The van der Waals surface area contributed by atoms with Crippen LogP contribution in [0.1, 0.15) is 51.9 Å². The number of carboxylic acids is 1. The quantitative estimate of drug-likeness (QED) is 0.356. The zero-order chi connectivity index (χ0) is 17.5. The highest BCUT2D eigenvalue weighted by Gasteiger charge is 2.51. The van der Waals surface area contributed by atoms with E-state index in [2.05, 4.69) is 23.9 Å². The van der Waals surface area contributed by atoms with Crippen molar-refractivity contribution in [3.8, 4) is 11.8 Å². The Hall–Kier alpha value is -1.58. The number of fused-ring (bicyclic) bond motifs is 1. The Labute approximate surface area is 142 Å². The van der Waals surface area contributed by atoms with Crippen LogP contribution < -0.4 is 0 Å². The van der Waals surface area contributed by atoms with Gasteiger partial charge in [0.1, 0.15) is 6.10 Å². The molecule has 2 rings (SSSR count). The smallest absolute Gasteiger partial charge is 0.344 e. The fourth-order valence-corrected chi connectivity index (χ4v) is 3.51. The predicted molar refractivity (Wildman–Crippen MR) is 89.3 cm³/mol. The molecule has 0 bridgehead atoms. The van der Waals surface area contributed by atoms with E-state index in [1.807, 2.05) is 0 Å². The molecule has 0 radical (unpaired) electrons. The molecule has 0 saturated heterocycles. The summed E-state index contributed by atoms with van der Waals surface area (Å²) in [5, 5.41) is 32.5. The van der Waals surface area contributed by atoms with Crippen LogP contribution in [0, 0.1) is 29.6 Å². The molecule has 0 spiro atoms. The van der Waals surface area contributed by atoms with Gasteiger partial charge in [-0.1, -0.05) is 43.2 Å². The van der Waals surface area contributed by atoms with Crippen molar-refractivity contribution in [2.75, 3.05) is 6.61 Å². The highest BCUT2D eigenvalue weighted by Crippen LogP contribution is 2.48. The van der Waals surface area contributed by atoms with Crippen molar-refractivity contribution in [3.05, 3.63) is 0 Å². The molecule has 0 aromatic carbocycles. The van der Waals surface area contributed by atoms with Crippen LogP contribution in [0.2, 0.25) is 0 Å². The minimum absolute atomic E-state index is 0.120. The van der Waals surface area contributed by atoms with Gasteiger partial charge in [0, 0.05) is 5.92 Å². The second kappa shape index (κ2) is 9.05. The van der Waals surface area contributed by atoms with E-state index in [0.717, 1.165) is 18.6 Å². The molecule has 0 aromatic rings. The van der Waals surface area contributed by atoms with Gasteiger partial charge >= 0.3 is 5.97 Å². The lowest BCUT2D eigenvalue weighted by Gasteiger charge is -2.33. The Kier molecular flexibility index (Phi) is 7.07. The standard InChI is InChI=1S/C18H27NO5/c1-2-3-4-5-6-12(20)7-8-13-14-9-16(15(14)10-17(13)21)19-24-11-18(22)23/h12-15,17,20-21H,2-6,9-11H2,1H3,(H,22,23). The fraction of sp³-hybridized carbons (Fsp3) is 0.778. The number of oxime groups is 1. The minimum Gasteiger partial charge on any atom is -0.479 e. The summed E-state index contributed by atoms with van der Waals surface area (Å²) in [7, 11) is 0. The largest absolute Gasteiger partial charge is 0.479 e. The average molecular weight is 337 g/mol. The zero-order valence-electron chi connectivity index (χ0n) is 14.1. The Morgan fingerprint density at radius 1 is 1.42 bits per heavy atom. The van der Waals surface area contributed by atoms with Crippen LogP contribution in [0.3, 0.4) is 0 Å². The summed E-state index contributed by atoms with van der Waals surface area (Å²) in [6.07, 6.45) is 5.21. The van der Waals surface area contributed by atoms with Gasteiger partial charge in [0.15, 0.2) is 0 Å². The van der Waals surface area contributed by atoms with Crippen LogP contribution in [0.15, 0.2) is 5.16 Å². The number of rotatable bonds is 8.